The molecule has 2 N–H and O–H groups in total. The molecule has 0 bridgehead atoms. The lowest BCUT2D eigenvalue weighted by Gasteiger charge is -2.30. The van der Waals surface area contributed by atoms with Crippen molar-refractivity contribution in [3.63, 3.8) is 0 Å². The topological polar surface area (TPSA) is 39.7 Å². The van der Waals surface area contributed by atoms with Gasteiger partial charge in [-0.15, -0.1) is 0 Å². The van der Waals surface area contributed by atoms with Crippen LogP contribution >= 0.6 is 0 Å². The molecule has 0 radical (unpaired) electrons. The fraction of sp³-hybridized carbons (Fsp3) is 0.435. The van der Waals surface area contributed by atoms with E-state index >= 15 is 0 Å². The predicted octanol–water partition coefficient (Wildman–Crippen LogP) is 4.55. The lowest BCUT2D eigenvalue weighted by Crippen LogP contribution is -2.38. The van der Waals surface area contributed by atoms with Gasteiger partial charge >= 0.3 is 0 Å². The minimum atomic E-state index is 0.538. The van der Waals surface area contributed by atoms with Gasteiger partial charge in [-0.1, -0.05) is 31.6 Å². The van der Waals surface area contributed by atoms with E-state index in [2.05, 4.69) is 71.2 Å². The fourth-order valence-corrected chi connectivity index (χ4v) is 3.96. The van der Waals surface area contributed by atoms with Gasteiger partial charge in [0.25, 0.3) is 0 Å². The van der Waals surface area contributed by atoms with Gasteiger partial charge in [0.15, 0.2) is 0 Å². The number of nitrogens with one attached hydrogen (secondary N) is 2. The van der Waals surface area contributed by atoms with Gasteiger partial charge in [0, 0.05) is 35.7 Å². The van der Waals surface area contributed by atoms with Crippen molar-refractivity contribution in [3.05, 3.63) is 60.0 Å². The molecule has 0 saturated carbocycles. The van der Waals surface area contributed by atoms with Gasteiger partial charge in [-0.05, 0) is 62.1 Å². The lowest BCUT2D eigenvalue weighted by atomic mass is 9.98. The van der Waals surface area contributed by atoms with Crippen molar-refractivity contribution < 1.29 is 0 Å². The first kappa shape index (κ1) is 18.1. The van der Waals surface area contributed by atoms with Gasteiger partial charge in [0.1, 0.15) is 5.84 Å². The third kappa shape index (κ3) is 4.33. The molecule has 1 saturated heterocycles. The lowest BCUT2D eigenvalue weighted by molar-refractivity contribution is 0.480. The summed E-state index contributed by atoms with van der Waals surface area (Å²) in [5, 5.41) is 7.13. The second kappa shape index (κ2) is 8.57. The molecule has 1 atom stereocenters. The van der Waals surface area contributed by atoms with E-state index in [0.717, 1.165) is 31.9 Å². The molecule has 0 aromatic heterocycles. The summed E-state index contributed by atoms with van der Waals surface area (Å²) in [4.78, 5) is 7.22. The highest BCUT2D eigenvalue weighted by Gasteiger charge is 2.21. The number of allylic oxidation sites excluding steroid dienone is 3. The Bertz CT molecular complexity index is 764. The van der Waals surface area contributed by atoms with Gasteiger partial charge < -0.3 is 15.5 Å². The molecule has 142 valence electrons. The number of fused-ring (bicyclic) bond motifs is 1. The van der Waals surface area contributed by atoms with Crippen molar-refractivity contribution >= 4 is 17.1 Å². The largest absolute Gasteiger partial charge is 0.381 e. The van der Waals surface area contributed by atoms with Crippen LogP contribution in [0.1, 0.15) is 44.6 Å². The van der Waals surface area contributed by atoms with Gasteiger partial charge in [0.05, 0.1) is 6.54 Å². The van der Waals surface area contributed by atoms with E-state index in [4.69, 9.17) is 4.99 Å². The maximum Gasteiger partial charge on any atom is 0.133 e. The van der Waals surface area contributed by atoms with Crippen molar-refractivity contribution in [1.29, 1.82) is 0 Å². The Morgan fingerprint density at radius 1 is 1.22 bits per heavy atom. The van der Waals surface area contributed by atoms with Gasteiger partial charge in [-0.3, -0.25) is 0 Å². The molecule has 0 unspecified atom stereocenters. The summed E-state index contributed by atoms with van der Waals surface area (Å²) >= 11 is 0. The molecule has 1 fully saturated rings. The standard InChI is InChI=1S/C23H30N4/c1-2-3-8-22-21(17-27-15-5-4-9-23(27)26-22)18-10-12-19(13-11-18)25-20-7-6-14-24-16-20/h4-5,9-13,15,20,24-25H,2-3,6-8,14,16-17H2,1H3/t20-/m1/s1. The van der Waals surface area contributed by atoms with Crippen LogP contribution in [0.2, 0.25) is 0 Å². The minimum Gasteiger partial charge on any atom is -0.381 e. The Hall–Kier alpha value is -2.33. The molecular weight excluding hydrogens is 332 g/mol. The third-order valence-corrected chi connectivity index (χ3v) is 5.51. The van der Waals surface area contributed by atoms with Gasteiger partial charge in [-0.2, -0.15) is 0 Å². The molecule has 3 heterocycles. The first-order valence-electron chi connectivity index (χ1n) is 10.3. The average molecular weight is 363 g/mol. The summed E-state index contributed by atoms with van der Waals surface area (Å²) in [6, 6.07) is 9.49. The van der Waals surface area contributed by atoms with E-state index in [9.17, 15) is 0 Å². The highest BCUT2D eigenvalue weighted by atomic mass is 15.2. The molecule has 0 aliphatic carbocycles. The monoisotopic (exact) mass is 362 g/mol. The zero-order chi connectivity index (χ0) is 18.5. The molecule has 3 aliphatic rings. The van der Waals surface area contributed by atoms with E-state index in [-0.39, 0.29) is 0 Å². The molecule has 4 heteroatoms. The normalized spacial score (nSPS) is 21.9. The second-order valence-corrected chi connectivity index (χ2v) is 7.59. The molecule has 3 aliphatic heterocycles. The summed E-state index contributed by atoms with van der Waals surface area (Å²) < 4.78 is 0. The van der Waals surface area contributed by atoms with Crippen LogP contribution in [0.25, 0.3) is 5.57 Å². The zero-order valence-corrected chi connectivity index (χ0v) is 16.2. The van der Waals surface area contributed by atoms with Gasteiger partial charge in [0.2, 0.25) is 0 Å². The maximum atomic E-state index is 4.98. The Labute approximate surface area is 162 Å². The number of anilines is 1. The van der Waals surface area contributed by atoms with Crippen LogP contribution in [0, 0.1) is 0 Å². The highest BCUT2D eigenvalue weighted by molar-refractivity contribution is 5.99. The first-order chi connectivity index (χ1) is 13.3. The number of rotatable bonds is 6. The molecule has 4 rings (SSSR count). The maximum absolute atomic E-state index is 4.98. The number of benzene rings is 1. The molecule has 0 spiro atoms. The van der Waals surface area contributed by atoms with Crippen LogP contribution < -0.4 is 10.6 Å². The molecule has 4 nitrogen and oxygen atoms in total. The number of piperidine rings is 1. The minimum absolute atomic E-state index is 0.538. The van der Waals surface area contributed by atoms with Crippen molar-refractivity contribution in [2.45, 2.75) is 45.1 Å². The van der Waals surface area contributed by atoms with Gasteiger partial charge in [-0.25, -0.2) is 4.99 Å². The van der Waals surface area contributed by atoms with Crippen molar-refractivity contribution in [3.8, 4) is 0 Å². The number of hydrogen-bond donors (Lipinski definition) is 2. The number of unbranched alkanes of at least 4 members (excludes halogenated alkanes) is 1. The second-order valence-electron chi connectivity index (χ2n) is 7.59. The van der Waals surface area contributed by atoms with E-state index in [1.165, 1.54) is 48.2 Å². The predicted molar refractivity (Wildman–Crippen MR) is 115 cm³/mol. The Kier molecular flexibility index (Phi) is 5.73. The molecule has 1 aromatic carbocycles. The number of hydrogen-bond acceptors (Lipinski definition) is 4. The summed E-state index contributed by atoms with van der Waals surface area (Å²) in [7, 11) is 0. The summed E-state index contributed by atoms with van der Waals surface area (Å²) in [6.45, 7) is 5.35. The molecule has 1 aromatic rings. The molecular formula is C23H30N4. The SMILES string of the molecule is CCCCC1=C(c2ccc(N[C@@H]3CCCNC3)cc2)CN2C=CC=CC2=N1. The summed E-state index contributed by atoms with van der Waals surface area (Å²) in [5.41, 5.74) is 5.11. The van der Waals surface area contributed by atoms with E-state index in [0.29, 0.717) is 6.04 Å². The van der Waals surface area contributed by atoms with Crippen LogP contribution in [-0.4, -0.2) is 36.4 Å². The number of nitrogens with zero attached hydrogens (tertiary/aromatic N) is 2. The van der Waals surface area contributed by atoms with Crippen LogP contribution in [0.4, 0.5) is 5.69 Å². The fourth-order valence-electron chi connectivity index (χ4n) is 3.96. The average Bonchev–Trinajstić information content (AvgIpc) is 2.73. The van der Waals surface area contributed by atoms with Crippen molar-refractivity contribution in [2.24, 2.45) is 4.99 Å². The Morgan fingerprint density at radius 3 is 2.89 bits per heavy atom. The van der Waals surface area contributed by atoms with Crippen molar-refractivity contribution in [2.75, 3.05) is 25.0 Å². The number of aliphatic imine (C=N–C) groups is 1. The molecule has 27 heavy (non-hydrogen) atoms. The van der Waals surface area contributed by atoms with E-state index in [1.54, 1.807) is 0 Å². The van der Waals surface area contributed by atoms with E-state index in [1.807, 2.05) is 0 Å². The molecule has 0 amide bonds. The van der Waals surface area contributed by atoms with Crippen LogP contribution in [0.3, 0.4) is 0 Å². The smallest absolute Gasteiger partial charge is 0.133 e. The summed E-state index contributed by atoms with van der Waals surface area (Å²) in [5.74, 6) is 1.07. The van der Waals surface area contributed by atoms with Crippen LogP contribution in [0.15, 0.2) is 59.4 Å². The van der Waals surface area contributed by atoms with Crippen molar-refractivity contribution in [1.82, 2.24) is 10.2 Å². The quantitative estimate of drug-likeness (QED) is 0.780. The van der Waals surface area contributed by atoms with Crippen LogP contribution in [0.5, 0.6) is 0 Å². The van der Waals surface area contributed by atoms with Crippen LogP contribution in [-0.2, 0) is 0 Å². The Balaban J connectivity index is 1.55. The number of amidine groups is 1. The summed E-state index contributed by atoms with van der Waals surface area (Å²) in [6.07, 6.45) is 14.3. The first-order valence-corrected chi connectivity index (χ1v) is 10.3. The third-order valence-electron chi connectivity index (χ3n) is 5.51. The zero-order valence-electron chi connectivity index (χ0n) is 16.2. The van der Waals surface area contributed by atoms with E-state index < -0.39 is 0 Å². The highest BCUT2D eigenvalue weighted by Crippen LogP contribution is 2.30. The Morgan fingerprint density at radius 2 is 2.11 bits per heavy atom.